The van der Waals surface area contributed by atoms with E-state index < -0.39 is 8.25 Å². The number of rotatable bonds is 4. The van der Waals surface area contributed by atoms with Crippen molar-refractivity contribution in [1.82, 2.24) is 0 Å². The smallest absolute Gasteiger partial charge is 0.418 e. The fourth-order valence-corrected chi connectivity index (χ4v) is 1.39. The van der Waals surface area contributed by atoms with Crippen molar-refractivity contribution in [3.8, 4) is 30.1 Å². The molecule has 1 rings (SSSR count). The molecule has 1 aromatic rings. The second-order valence-electron chi connectivity index (χ2n) is 2.75. The van der Waals surface area contributed by atoms with Crippen LogP contribution < -0.4 is 4.52 Å². The van der Waals surface area contributed by atoms with Gasteiger partial charge in [-0.2, -0.15) is 0 Å². The van der Waals surface area contributed by atoms with Crippen molar-refractivity contribution >= 4 is 8.25 Å². The minimum Gasteiger partial charge on any atom is -0.418 e. The molecular weight excluding hydrogens is 223 g/mol. The molecule has 0 amide bonds. The first-order valence-electron chi connectivity index (χ1n) is 4.68. The van der Waals surface area contributed by atoms with Gasteiger partial charge in [-0.25, -0.2) is 4.57 Å². The number of hydrogen-bond acceptors (Lipinski definition) is 3. The van der Waals surface area contributed by atoms with E-state index in [0.717, 1.165) is 0 Å². The van der Waals surface area contributed by atoms with Gasteiger partial charge in [-0.15, -0.1) is 12.3 Å². The number of hydrogen-bond donors (Lipinski definition) is 0. The van der Waals surface area contributed by atoms with Gasteiger partial charge in [-0.3, -0.25) is 0 Å². The lowest BCUT2D eigenvalue weighted by molar-refractivity contribution is 0.399. The van der Waals surface area contributed by atoms with E-state index in [9.17, 15) is 4.57 Å². The molecule has 0 saturated carbocycles. The van der Waals surface area contributed by atoms with Gasteiger partial charge in [0.2, 0.25) is 0 Å². The lowest BCUT2D eigenvalue weighted by atomic mass is 10.3. The number of para-hydroxylation sites is 1. The Labute approximate surface area is 95.7 Å². The van der Waals surface area contributed by atoms with Crippen molar-refractivity contribution in [3.63, 3.8) is 0 Å². The molecule has 0 bridgehead atoms. The minimum absolute atomic E-state index is 0.497. The number of unbranched alkanes of at least 4 members (excludes halogenated alkanes) is 1. The van der Waals surface area contributed by atoms with Crippen LogP contribution in [0.4, 0.5) is 0 Å². The van der Waals surface area contributed by atoms with Gasteiger partial charge in [0.1, 0.15) is 11.9 Å². The largest absolute Gasteiger partial charge is 0.427 e. The predicted molar refractivity (Wildman–Crippen MR) is 63.0 cm³/mol. The summed E-state index contributed by atoms with van der Waals surface area (Å²) in [7, 11) is -2.60. The third kappa shape index (κ3) is 5.15. The first kappa shape index (κ1) is 12.2. The molecule has 1 atom stereocenters. The van der Waals surface area contributed by atoms with Gasteiger partial charge in [0.15, 0.2) is 0 Å². The number of terminal acetylenes is 1. The summed E-state index contributed by atoms with van der Waals surface area (Å²) in [6.07, 6.45) is 8.41. The summed E-state index contributed by atoms with van der Waals surface area (Å²) in [6, 6.07) is 8.78. The van der Waals surface area contributed by atoms with Crippen molar-refractivity contribution in [2.45, 2.75) is 12.8 Å². The van der Waals surface area contributed by atoms with Crippen LogP contribution in [0.25, 0.3) is 0 Å². The molecule has 0 spiro atoms. The van der Waals surface area contributed by atoms with Gasteiger partial charge in [-0.05, 0) is 12.1 Å². The zero-order valence-electron chi connectivity index (χ0n) is 8.60. The first-order chi connectivity index (χ1) is 7.83. The Hall–Kier alpha value is -1.83. The van der Waals surface area contributed by atoms with Crippen LogP contribution in [0, 0.1) is 24.4 Å². The summed E-state index contributed by atoms with van der Waals surface area (Å²) < 4.78 is 20.9. The third-order valence-electron chi connectivity index (χ3n) is 1.55. The Balaban J connectivity index is 2.31. The van der Waals surface area contributed by atoms with Crippen molar-refractivity contribution in [1.29, 1.82) is 0 Å². The molecule has 16 heavy (non-hydrogen) atoms. The molecule has 0 radical (unpaired) electrons. The van der Waals surface area contributed by atoms with Crippen LogP contribution in [0.1, 0.15) is 12.8 Å². The second kappa shape index (κ2) is 7.46. The average molecular weight is 234 g/mol. The Bertz CT molecular complexity index is 437. The Kier molecular flexibility index (Phi) is 5.71. The van der Waals surface area contributed by atoms with E-state index in [-0.39, 0.29) is 0 Å². The van der Waals surface area contributed by atoms with Crippen LogP contribution in [0.2, 0.25) is 0 Å². The van der Waals surface area contributed by atoms with Gasteiger partial charge in [-0.1, -0.05) is 24.1 Å². The maximum atomic E-state index is 11.2. The van der Waals surface area contributed by atoms with E-state index in [1.807, 2.05) is 6.07 Å². The zero-order chi connectivity index (χ0) is 11.6. The van der Waals surface area contributed by atoms with Gasteiger partial charge in [0.05, 0.1) is 0 Å². The molecule has 0 fully saturated rings. The molecule has 0 aliphatic carbocycles. The molecule has 0 saturated heterocycles. The summed E-state index contributed by atoms with van der Waals surface area (Å²) in [5.41, 5.74) is 0. The van der Waals surface area contributed by atoms with Crippen LogP contribution in [-0.4, -0.2) is 0 Å². The maximum absolute atomic E-state index is 11.2. The molecule has 82 valence electrons. The Morgan fingerprint density at radius 2 is 2.00 bits per heavy atom. The molecule has 0 aliphatic heterocycles. The molecule has 0 aliphatic rings. The van der Waals surface area contributed by atoms with E-state index >= 15 is 0 Å². The summed E-state index contributed by atoms with van der Waals surface area (Å²) >= 11 is 0. The first-order valence-corrected chi connectivity index (χ1v) is 5.90. The number of benzene rings is 1. The van der Waals surface area contributed by atoms with Crippen LogP contribution in [0.3, 0.4) is 0 Å². The van der Waals surface area contributed by atoms with E-state index in [1.54, 1.807) is 24.3 Å². The average Bonchev–Trinajstić information content (AvgIpc) is 2.30. The summed E-state index contributed by atoms with van der Waals surface area (Å²) in [5, 5.41) is 0. The standard InChI is InChI=1S/C12H11O3P/c1-2-3-4-8-11-14-16(13)15-12-9-6-5-7-10-12/h1,5-7,9-10,16H,3-4H2. The van der Waals surface area contributed by atoms with E-state index in [1.165, 1.54) is 0 Å². The third-order valence-corrected chi connectivity index (χ3v) is 2.22. The second-order valence-corrected chi connectivity index (χ2v) is 3.66. The normalized spacial score (nSPS) is 10.4. The zero-order valence-corrected chi connectivity index (χ0v) is 9.60. The highest BCUT2D eigenvalue weighted by Gasteiger charge is 1.98. The molecule has 0 heterocycles. The highest BCUT2D eigenvalue weighted by Crippen LogP contribution is 2.26. The molecule has 0 aromatic heterocycles. The quantitative estimate of drug-likeness (QED) is 0.456. The molecule has 1 unspecified atom stereocenters. The molecule has 4 heteroatoms. The maximum Gasteiger partial charge on any atom is 0.427 e. The fourth-order valence-electron chi connectivity index (χ4n) is 0.869. The van der Waals surface area contributed by atoms with Gasteiger partial charge in [0, 0.05) is 12.8 Å². The molecule has 0 N–H and O–H groups in total. The predicted octanol–water partition coefficient (Wildman–Crippen LogP) is 2.85. The monoisotopic (exact) mass is 234 g/mol. The molecular formula is C12H11O3P. The lowest BCUT2D eigenvalue weighted by Crippen LogP contribution is -1.81. The highest BCUT2D eigenvalue weighted by atomic mass is 31.1. The summed E-state index contributed by atoms with van der Waals surface area (Å²) in [6.45, 7) is 0. The summed E-state index contributed by atoms with van der Waals surface area (Å²) in [5.74, 6) is 5.57. The van der Waals surface area contributed by atoms with Gasteiger partial charge >= 0.3 is 8.25 Å². The Morgan fingerprint density at radius 3 is 2.69 bits per heavy atom. The van der Waals surface area contributed by atoms with Crippen molar-refractivity contribution in [3.05, 3.63) is 30.3 Å². The van der Waals surface area contributed by atoms with Gasteiger partial charge in [0.25, 0.3) is 0 Å². The van der Waals surface area contributed by atoms with Crippen molar-refractivity contribution < 1.29 is 13.6 Å². The van der Waals surface area contributed by atoms with Crippen LogP contribution in [0.5, 0.6) is 5.75 Å². The van der Waals surface area contributed by atoms with Crippen molar-refractivity contribution in [2.75, 3.05) is 0 Å². The SMILES string of the molecule is C#CCCC#CO[PH](=O)Oc1ccccc1. The summed E-state index contributed by atoms with van der Waals surface area (Å²) in [4.78, 5) is 0. The molecule has 3 nitrogen and oxygen atoms in total. The topological polar surface area (TPSA) is 35.5 Å². The van der Waals surface area contributed by atoms with Gasteiger partial charge < -0.3 is 9.05 Å². The fraction of sp³-hybridized carbons (Fsp3) is 0.167. The van der Waals surface area contributed by atoms with Crippen LogP contribution in [0.15, 0.2) is 30.3 Å². The van der Waals surface area contributed by atoms with E-state index in [0.29, 0.717) is 18.6 Å². The van der Waals surface area contributed by atoms with Crippen LogP contribution >= 0.6 is 8.25 Å². The Morgan fingerprint density at radius 1 is 1.25 bits per heavy atom. The highest BCUT2D eigenvalue weighted by molar-refractivity contribution is 7.34. The molecule has 1 aromatic carbocycles. The van der Waals surface area contributed by atoms with E-state index in [4.69, 9.17) is 10.9 Å². The lowest BCUT2D eigenvalue weighted by Gasteiger charge is -2.01. The minimum atomic E-state index is -2.60. The van der Waals surface area contributed by atoms with Crippen molar-refractivity contribution in [2.24, 2.45) is 0 Å². The van der Waals surface area contributed by atoms with E-state index in [2.05, 4.69) is 22.5 Å². The van der Waals surface area contributed by atoms with Crippen LogP contribution in [-0.2, 0) is 9.09 Å².